The zero-order valence-corrected chi connectivity index (χ0v) is 11.6. The maximum atomic E-state index is 13.3. The van der Waals surface area contributed by atoms with Crippen LogP contribution in [0.4, 0.5) is 14.5 Å². The van der Waals surface area contributed by atoms with Crippen molar-refractivity contribution in [1.82, 2.24) is 5.32 Å². The molecule has 0 aliphatic heterocycles. The number of hydrogen-bond acceptors (Lipinski definition) is 3. The smallest absolute Gasteiger partial charge is 0.239 e. The Balaban J connectivity index is 1.87. The second kappa shape index (κ2) is 6.47. The summed E-state index contributed by atoms with van der Waals surface area (Å²) in [7, 11) is 0. The number of carbonyl (C=O) groups excluding carboxylic acids is 1. The van der Waals surface area contributed by atoms with Gasteiger partial charge in [0.05, 0.1) is 18.3 Å². The van der Waals surface area contributed by atoms with E-state index < -0.39 is 11.6 Å². The first-order chi connectivity index (χ1) is 9.56. The molecule has 106 valence electrons. The maximum absolute atomic E-state index is 13.3. The van der Waals surface area contributed by atoms with Crippen molar-refractivity contribution in [3.05, 3.63) is 52.2 Å². The first-order valence-corrected chi connectivity index (χ1v) is 6.96. The van der Waals surface area contributed by atoms with E-state index in [0.717, 1.165) is 23.1 Å². The van der Waals surface area contributed by atoms with Crippen molar-refractivity contribution >= 4 is 22.9 Å². The van der Waals surface area contributed by atoms with Crippen molar-refractivity contribution in [2.45, 2.75) is 13.0 Å². The molecular weight excluding hydrogens is 282 g/mol. The molecule has 0 saturated carbocycles. The van der Waals surface area contributed by atoms with Crippen LogP contribution in [0, 0.1) is 11.6 Å². The lowest BCUT2D eigenvalue weighted by atomic mass is 10.2. The minimum absolute atomic E-state index is 0.0241. The van der Waals surface area contributed by atoms with Crippen LogP contribution in [0.2, 0.25) is 0 Å². The highest BCUT2D eigenvalue weighted by Gasteiger charge is 2.11. The molecule has 1 aromatic heterocycles. The number of thiophene rings is 1. The molecule has 2 rings (SSSR count). The van der Waals surface area contributed by atoms with Gasteiger partial charge in [0, 0.05) is 4.88 Å². The Morgan fingerprint density at radius 3 is 2.85 bits per heavy atom. The van der Waals surface area contributed by atoms with E-state index in [1.807, 2.05) is 24.4 Å². The summed E-state index contributed by atoms with van der Waals surface area (Å²) in [5, 5.41) is 7.29. The molecule has 0 aliphatic rings. The normalized spacial score (nSPS) is 11.9. The molecule has 1 unspecified atom stereocenters. The van der Waals surface area contributed by atoms with Crippen molar-refractivity contribution in [1.29, 1.82) is 0 Å². The average molecular weight is 296 g/mol. The maximum Gasteiger partial charge on any atom is 0.239 e. The summed E-state index contributed by atoms with van der Waals surface area (Å²) >= 11 is 1.55. The van der Waals surface area contributed by atoms with Crippen molar-refractivity contribution < 1.29 is 13.6 Å². The predicted molar refractivity (Wildman–Crippen MR) is 75.7 cm³/mol. The van der Waals surface area contributed by atoms with Crippen molar-refractivity contribution in [2.75, 3.05) is 11.9 Å². The molecular formula is C14H14F2N2OS. The van der Waals surface area contributed by atoms with Gasteiger partial charge in [0.1, 0.15) is 11.6 Å². The van der Waals surface area contributed by atoms with E-state index in [1.54, 1.807) is 11.3 Å². The summed E-state index contributed by atoms with van der Waals surface area (Å²) in [5.74, 6) is -1.43. The van der Waals surface area contributed by atoms with Crippen LogP contribution in [0.5, 0.6) is 0 Å². The number of halogens is 2. The molecule has 0 saturated heterocycles. The quantitative estimate of drug-likeness (QED) is 0.888. The Kier molecular flexibility index (Phi) is 4.68. The summed E-state index contributed by atoms with van der Waals surface area (Å²) in [6.45, 7) is 1.75. The lowest BCUT2D eigenvalue weighted by Gasteiger charge is -2.13. The van der Waals surface area contributed by atoms with Gasteiger partial charge in [0.15, 0.2) is 0 Å². The number of anilines is 1. The monoisotopic (exact) mass is 296 g/mol. The fourth-order valence-electron chi connectivity index (χ4n) is 1.71. The molecule has 0 fully saturated rings. The Hall–Kier alpha value is -1.95. The van der Waals surface area contributed by atoms with Crippen LogP contribution in [0.1, 0.15) is 17.8 Å². The van der Waals surface area contributed by atoms with Crippen LogP contribution in [0.15, 0.2) is 35.7 Å². The topological polar surface area (TPSA) is 41.1 Å². The van der Waals surface area contributed by atoms with E-state index in [2.05, 4.69) is 10.6 Å². The van der Waals surface area contributed by atoms with Gasteiger partial charge in [-0.2, -0.15) is 0 Å². The standard InChI is InChI=1S/C14H14F2N2OS/c1-9(13-3-2-6-20-13)18-14(19)8-17-12-7-10(15)4-5-11(12)16/h2-7,9,17H,8H2,1H3,(H,18,19). The molecule has 0 spiro atoms. The Morgan fingerprint density at radius 1 is 1.35 bits per heavy atom. The van der Waals surface area contributed by atoms with Crippen LogP contribution in [-0.4, -0.2) is 12.5 Å². The van der Waals surface area contributed by atoms with Crippen molar-refractivity contribution in [3.63, 3.8) is 0 Å². The van der Waals surface area contributed by atoms with Crippen LogP contribution in [-0.2, 0) is 4.79 Å². The molecule has 20 heavy (non-hydrogen) atoms. The summed E-state index contributed by atoms with van der Waals surface area (Å²) in [6, 6.07) is 6.79. The molecule has 2 N–H and O–H groups in total. The van der Waals surface area contributed by atoms with Gasteiger partial charge in [0.25, 0.3) is 0 Å². The molecule has 1 heterocycles. The molecule has 1 atom stereocenters. The summed E-state index contributed by atoms with van der Waals surface area (Å²) in [4.78, 5) is 12.8. The van der Waals surface area contributed by atoms with Crippen molar-refractivity contribution in [2.24, 2.45) is 0 Å². The van der Waals surface area contributed by atoms with Crippen LogP contribution in [0.25, 0.3) is 0 Å². The molecule has 0 radical (unpaired) electrons. The average Bonchev–Trinajstić information content (AvgIpc) is 2.94. The number of hydrogen-bond donors (Lipinski definition) is 2. The molecule has 2 aromatic rings. The molecule has 0 bridgehead atoms. The van der Waals surface area contributed by atoms with Crippen LogP contribution >= 0.6 is 11.3 Å². The van der Waals surface area contributed by atoms with E-state index in [0.29, 0.717) is 0 Å². The molecule has 1 aromatic carbocycles. The number of carbonyl (C=O) groups is 1. The highest BCUT2D eigenvalue weighted by molar-refractivity contribution is 7.10. The van der Waals surface area contributed by atoms with E-state index in [1.165, 1.54) is 0 Å². The summed E-state index contributed by atoms with van der Waals surface area (Å²) in [5.41, 5.74) is -0.0241. The third-order valence-corrected chi connectivity index (χ3v) is 3.77. The third kappa shape index (κ3) is 3.77. The number of amides is 1. The highest BCUT2D eigenvalue weighted by Crippen LogP contribution is 2.18. The predicted octanol–water partition coefficient (Wildman–Crippen LogP) is 3.32. The molecule has 6 heteroatoms. The van der Waals surface area contributed by atoms with E-state index in [4.69, 9.17) is 0 Å². The van der Waals surface area contributed by atoms with Gasteiger partial charge in [-0.05, 0) is 36.6 Å². The molecule has 0 aliphatic carbocycles. The van der Waals surface area contributed by atoms with Crippen LogP contribution in [0.3, 0.4) is 0 Å². The fourth-order valence-corrected chi connectivity index (χ4v) is 2.44. The van der Waals surface area contributed by atoms with E-state index >= 15 is 0 Å². The summed E-state index contributed by atoms with van der Waals surface area (Å²) < 4.78 is 26.3. The van der Waals surface area contributed by atoms with Gasteiger partial charge in [-0.1, -0.05) is 6.07 Å². The van der Waals surface area contributed by atoms with Gasteiger partial charge in [-0.3, -0.25) is 4.79 Å². The van der Waals surface area contributed by atoms with Crippen molar-refractivity contribution in [3.8, 4) is 0 Å². The van der Waals surface area contributed by atoms with Gasteiger partial charge in [0.2, 0.25) is 5.91 Å². The van der Waals surface area contributed by atoms with Gasteiger partial charge < -0.3 is 10.6 Å². The SMILES string of the molecule is CC(NC(=O)CNc1cc(F)ccc1F)c1cccs1. The number of rotatable bonds is 5. The first kappa shape index (κ1) is 14.5. The minimum atomic E-state index is -0.592. The number of benzene rings is 1. The lowest BCUT2D eigenvalue weighted by molar-refractivity contribution is -0.120. The minimum Gasteiger partial charge on any atom is -0.374 e. The fraction of sp³-hybridized carbons (Fsp3) is 0.214. The Morgan fingerprint density at radius 2 is 2.15 bits per heavy atom. The third-order valence-electron chi connectivity index (χ3n) is 2.72. The second-order valence-corrected chi connectivity index (χ2v) is 5.26. The first-order valence-electron chi connectivity index (χ1n) is 6.08. The zero-order valence-electron chi connectivity index (χ0n) is 10.8. The number of nitrogens with one attached hydrogen (secondary N) is 2. The second-order valence-electron chi connectivity index (χ2n) is 4.28. The summed E-state index contributed by atoms with van der Waals surface area (Å²) in [6.07, 6.45) is 0. The van der Waals surface area contributed by atoms with Gasteiger partial charge in [-0.15, -0.1) is 11.3 Å². The Labute approximate surface area is 119 Å². The zero-order chi connectivity index (χ0) is 14.5. The van der Waals surface area contributed by atoms with Gasteiger partial charge in [-0.25, -0.2) is 8.78 Å². The largest absolute Gasteiger partial charge is 0.374 e. The van der Waals surface area contributed by atoms with E-state index in [-0.39, 0.29) is 24.2 Å². The Bertz CT molecular complexity index is 587. The van der Waals surface area contributed by atoms with Gasteiger partial charge >= 0.3 is 0 Å². The molecule has 1 amide bonds. The van der Waals surface area contributed by atoms with E-state index in [9.17, 15) is 13.6 Å². The molecule has 3 nitrogen and oxygen atoms in total. The lowest BCUT2D eigenvalue weighted by Crippen LogP contribution is -2.31. The van der Waals surface area contributed by atoms with Crippen LogP contribution < -0.4 is 10.6 Å². The highest BCUT2D eigenvalue weighted by atomic mass is 32.1.